The monoisotopic (exact) mass is 268 g/mol. The van der Waals surface area contributed by atoms with Crippen LogP contribution in [0.3, 0.4) is 0 Å². The standard InChI is InChI=1S/C12H20N4O3/c1-12(2,3)19-11(18)15-9(6-10(17)16-13)8-4-5-14-7-8/h4-5,7,9,14H,6,13H2,1-3H3,(H,15,18)(H,16,17). The summed E-state index contributed by atoms with van der Waals surface area (Å²) in [4.78, 5) is 25.9. The number of nitrogens with one attached hydrogen (secondary N) is 3. The molecule has 0 aliphatic carbocycles. The smallest absolute Gasteiger partial charge is 0.408 e. The third kappa shape index (κ3) is 5.43. The zero-order valence-electron chi connectivity index (χ0n) is 11.3. The molecule has 7 heteroatoms. The molecule has 0 aliphatic heterocycles. The van der Waals surface area contributed by atoms with Crippen molar-refractivity contribution in [2.24, 2.45) is 5.84 Å². The Balaban J connectivity index is 2.70. The molecule has 0 saturated heterocycles. The van der Waals surface area contributed by atoms with Gasteiger partial charge in [-0.2, -0.15) is 0 Å². The minimum atomic E-state index is -0.594. The van der Waals surface area contributed by atoms with Crippen LogP contribution in [-0.4, -0.2) is 22.6 Å². The van der Waals surface area contributed by atoms with E-state index in [9.17, 15) is 9.59 Å². The molecule has 0 aliphatic rings. The molecule has 19 heavy (non-hydrogen) atoms. The first-order valence-electron chi connectivity index (χ1n) is 5.93. The summed E-state index contributed by atoms with van der Waals surface area (Å²) in [5, 5.41) is 2.64. The number of rotatable bonds is 4. The zero-order valence-corrected chi connectivity index (χ0v) is 11.3. The second-order valence-corrected chi connectivity index (χ2v) is 5.11. The summed E-state index contributed by atoms with van der Waals surface area (Å²) in [5.74, 6) is 4.68. The topological polar surface area (TPSA) is 109 Å². The van der Waals surface area contributed by atoms with Crippen LogP contribution in [0.2, 0.25) is 0 Å². The van der Waals surface area contributed by atoms with E-state index in [2.05, 4.69) is 10.3 Å². The number of aromatic nitrogens is 1. The molecule has 5 N–H and O–H groups in total. The third-order valence-corrected chi connectivity index (χ3v) is 2.27. The average Bonchev–Trinajstić information content (AvgIpc) is 2.78. The summed E-state index contributed by atoms with van der Waals surface area (Å²) in [5.41, 5.74) is 2.22. The third-order valence-electron chi connectivity index (χ3n) is 2.27. The average molecular weight is 268 g/mol. The van der Waals surface area contributed by atoms with E-state index in [0.29, 0.717) is 0 Å². The zero-order chi connectivity index (χ0) is 14.5. The first kappa shape index (κ1) is 15.0. The van der Waals surface area contributed by atoms with Crippen LogP contribution in [0.4, 0.5) is 4.79 Å². The maximum Gasteiger partial charge on any atom is 0.408 e. The number of aromatic amines is 1. The predicted molar refractivity (Wildman–Crippen MR) is 69.9 cm³/mol. The van der Waals surface area contributed by atoms with Crippen molar-refractivity contribution in [2.75, 3.05) is 0 Å². The van der Waals surface area contributed by atoms with Crippen molar-refractivity contribution in [1.29, 1.82) is 0 Å². The Morgan fingerprint density at radius 1 is 1.47 bits per heavy atom. The maximum atomic E-state index is 11.7. The van der Waals surface area contributed by atoms with Crippen LogP contribution in [0.15, 0.2) is 18.5 Å². The summed E-state index contributed by atoms with van der Waals surface area (Å²) in [7, 11) is 0. The molecule has 7 nitrogen and oxygen atoms in total. The number of ether oxygens (including phenoxy) is 1. The van der Waals surface area contributed by atoms with Gasteiger partial charge >= 0.3 is 6.09 Å². The predicted octanol–water partition coefficient (Wildman–Crippen LogP) is 0.960. The van der Waals surface area contributed by atoms with Gasteiger partial charge in [0, 0.05) is 12.4 Å². The van der Waals surface area contributed by atoms with E-state index in [1.165, 1.54) is 0 Å². The second kappa shape index (κ2) is 6.24. The highest BCUT2D eigenvalue weighted by Crippen LogP contribution is 2.17. The van der Waals surface area contributed by atoms with Gasteiger partial charge in [0.05, 0.1) is 12.5 Å². The van der Waals surface area contributed by atoms with Gasteiger partial charge in [-0.05, 0) is 32.4 Å². The molecular weight excluding hydrogens is 248 g/mol. The van der Waals surface area contributed by atoms with Crippen LogP contribution in [-0.2, 0) is 9.53 Å². The molecule has 1 rings (SSSR count). The molecule has 0 bridgehead atoms. The van der Waals surface area contributed by atoms with Crippen molar-refractivity contribution in [2.45, 2.75) is 38.8 Å². The minimum absolute atomic E-state index is 0.0353. The SMILES string of the molecule is CC(C)(C)OC(=O)NC(CC(=O)NN)c1cc[nH]c1. The van der Waals surface area contributed by atoms with Gasteiger partial charge in [-0.25, -0.2) is 10.6 Å². The number of hydrogen-bond donors (Lipinski definition) is 4. The largest absolute Gasteiger partial charge is 0.444 e. The molecule has 106 valence electrons. The molecule has 1 aromatic rings. The van der Waals surface area contributed by atoms with Crippen molar-refractivity contribution in [3.8, 4) is 0 Å². The van der Waals surface area contributed by atoms with Crippen molar-refractivity contribution in [3.63, 3.8) is 0 Å². The molecular formula is C12H20N4O3. The molecule has 1 aromatic heterocycles. The first-order chi connectivity index (χ1) is 8.81. The van der Waals surface area contributed by atoms with Gasteiger partial charge in [0.2, 0.25) is 5.91 Å². The summed E-state index contributed by atoms with van der Waals surface area (Å²) in [6.45, 7) is 5.30. The van der Waals surface area contributed by atoms with Crippen molar-refractivity contribution in [3.05, 3.63) is 24.0 Å². The molecule has 1 heterocycles. The van der Waals surface area contributed by atoms with Gasteiger partial charge in [-0.15, -0.1) is 0 Å². The maximum absolute atomic E-state index is 11.7. The molecule has 1 unspecified atom stereocenters. The quantitative estimate of drug-likeness (QED) is 0.370. The van der Waals surface area contributed by atoms with Gasteiger partial charge in [0.1, 0.15) is 5.60 Å². The number of alkyl carbamates (subject to hydrolysis) is 1. The fourth-order valence-corrected chi connectivity index (χ4v) is 1.50. The molecule has 0 saturated carbocycles. The molecule has 1 atom stereocenters. The number of hydrogen-bond acceptors (Lipinski definition) is 4. The van der Waals surface area contributed by atoms with Crippen LogP contribution < -0.4 is 16.6 Å². The van der Waals surface area contributed by atoms with Gasteiger partial charge < -0.3 is 15.0 Å². The first-order valence-corrected chi connectivity index (χ1v) is 5.93. The number of amides is 2. The lowest BCUT2D eigenvalue weighted by Crippen LogP contribution is -2.38. The van der Waals surface area contributed by atoms with Crippen LogP contribution in [0, 0.1) is 0 Å². The minimum Gasteiger partial charge on any atom is -0.444 e. The van der Waals surface area contributed by atoms with Crippen LogP contribution in [0.25, 0.3) is 0 Å². The number of carbonyl (C=O) groups is 2. The van der Waals surface area contributed by atoms with Gasteiger partial charge in [-0.3, -0.25) is 10.2 Å². The highest BCUT2D eigenvalue weighted by molar-refractivity contribution is 5.77. The van der Waals surface area contributed by atoms with E-state index in [4.69, 9.17) is 10.6 Å². The van der Waals surface area contributed by atoms with Crippen LogP contribution >= 0.6 is 0 Å². The molecule has 0 aromatic carbocycles. The van der Waals surface area contributed by atoms with E-state index in [-0.39, 0.29) is 12.3 Å². The van der Waals surface area contributed by atoms with Crippen molar-refractivity contribution < 1.29 is 14.3 Å². The van der Waals surface area contributed by atoms with Crippen molar-refractivity contribution in [1.82, 2.24) is 15.7 Å². The lowest BCUT2D eigenvalue weighted by atomic mass is 10.1. The van der Waals surface area contributed by atoms with Crippen molar-refractivity contribution >= 4 is 12.0 Å². The van der Waals surface area contributed by atoms with Crippen LogP contribution in [0.1, 0.15) is 38.8 Å². The molecule has 0 fully saturated rings. The highest BCUT2D eigenvalue weighted by atomic mass is 16.6. The summed E-state index contributed by atoms with van der Waals surface area (Å²) in [6, 6.07) is 1.27. The van der Waals surface area contributed by atoms with E-state index < -0.39 is 17.7 Å². The number of hydrazine groups is 1. The normalized spacial score (nSPS) is 12.6. The van der Waals surface area contributed by atoms with E-state index >= 15 is 0 Å². The number of nitrogens with two attached hydrogens (primary N) is 1. The fourth-order valence-electron chi connectivity index (χ4n) is 1.50. The Hall–Kier alpha value is -2.02. The van der Waals surface area contributed by atoms with E-state index in [1.807, 2.05) is 5.43 Å². The van der Waals surface area contributed by atoms with Gasteiger partial charge in [0.25, 0.3) is 0 Å². The lowest BCUT2D eigenvalue weighted by Gasteiger charge is -2.23. The summed E-state index contributed by atoms with van der Waals surface area (Å²) >= 11 is 0. The summed E-state index contributed by atoms with van der Waals surface area (Å²) in [6.07, 6.45) is 2.86. The lowest BCUT2D eigenvalue weighted by molar-refractivity contribution is -0.121. The fraction of sp³-hybridized carbons (Fsp3) is 0.500. The second-order valence-electron chi connectivity index (χ2n) is 5.11. The van der Waals surface area contributed by atoms with Gasteiger partial charge in [0.15, 0.2) is 0 Å². The number of carbonyl (C=O) groups excluding carboxylic acids is 2. The molecule has 0 spiro atoms. The Bertz CT molecular complexity index is 423. The highest BCUT2D eigenvalue weighted by Gasteiger charge is 2.22. The summed E-state index contributed by atoms with van der Waals surface area (Å²) < 4.78 is 5.16. The Morgan fingerprint density at radius 3 is 2.63 bits per heavy atom. The van der Waals surface area contributed by atoms with E-state index in [1.54, 1.807) is 39.2 Å². The molecule has 0 radical (unpaired) electrons. The van der Waals surface area contributed by atoms with Gasteiger partial charge in [-0.1, -0.05) is 0 Å². The van der Waals surface area contributed by atoms with E-state index in [0.717, 1.165) is 5.56 Å². The Labute approximate surface area is 111 Å². The van der Waals surface area contributed by atoms with Crippen LogP contribution in [0.5, 0.6) is 0 Å². The molecule has 2 amide bonds. The Morgan fingerprint density at radius 2 is 2.16 bits per heavy atom. The Kier molecular flexibility index (Phi) is 4.94. The number of H-pyrrole nitrogens is 1.